The van der Waals surface area contributed by atoms with Crippen molar-refractivity contribution in [1.82, 2.24) is 4.98 Å². The van der Waals surface area contributed by atoms with E-state index in [-0.39, 0.29) is 29.9 Å². The Morgan fingerprint density at radius 1 is 1.33 bits per heavy atom. The highest BCUT2D eigenvalue weighted by Crippen LogP contribution is 2.33. The summed E-state index contributed by atoms with van der Waals surface area (Å²) < 4.78 is 0. The maximum Gasteiger partial charge on any atom is 0.239 e. The first-order chi connectivity index (χ1) is 11.4. The minimum absolute atomic E-state index is 0.162. The first kappa shape index (κ1) is 16.5. The number of ketones is 1. The number of rotatable bonds is 4. The number of thiazole rings is 1. The Kier molecular flexibility index (Phi) is 4.32. The summed E-state index contributed by atoms with van der Waals surface area (Å²) in [6.45, 7) is 5.20. The van der Waals surface area contributed by atoms with Crippen molar-refractivity contribution in [1.29, 1.82) is 0 Å². The average molecular weight is 342 g/mol. The van der Waals surface area contributed by atoms with Crippen LogP contribution in [0.25, 0.3) is 0 Å². The van der Waals surface area contributed by atoms with Gasteiger partial charge in [-0.2, -0.15) is 0 Å². The molecule has 3 rings (SSSR count). The third-order valence-electron chi connectivity index (χ3n) is 4.11. The van der Waals surface area contributed by atoms with E-state index in [0.717, 1.165) is 20.9 Å². The molecule has 2 heterocycles. The van der Waals surface area contributed by atoms with Gasteiger partial charge in [-0.3, -0.25) is 14.4 Å². The van der Waals surface area contributed by atoms with Gasteiger partial charge in [-0.05, 0) is 25.8 Å². The molecule has 124 valence electrons. The molecule has 0 N–H and O–H groups in total. The molecule has 1 atom stereocenters. The van der Waals surface area contributed by atoms with E-state index in [1.54, 1.807) is 6.92 Å². The first-order valence-electron chi connectivity index (χ1n) is 7.77. The van der Waals surface area contributed by atoms with Gasteiger partial charge in [0.25, 0.3) is 0 Å². The number of benzene rings is 1. The van der Waals surface area contributed by atoms with Crippen LogP contribution in [0.4, 0.5) is 5.13 Å². The number of nitrogens with zero attached hydrogens (tertiary/aromatic N) is 2. The molecule has 0 unspecified atom stereocenters. The van der Waals surface area contributed by atoms with Gasteiger partial charge in [0.2, 0.25) is 11.8 Å². The molecule has 0 bridgehead atoms. The molecule has 6 heteroatoms. The molecule has 0 saturated carbocycles. The molecule has 1 aliphatic heterocycles. The fourth-order valence-corrected chi connectivity index (χ4v) is 3.96. The summed E-state index contributed by atoms with van der Waals surface area (Å²) in [5.74, 6) is -1.01. The fourth-order valence-electron chi connectivity index (χ4n) is 2.98. The lowest BCUT2D eigenvalue weighted by Gasteiger charge is -2.11. The van der Waals surface area contributed by atoms with Crippen LogP contribution in [0.2, 0.25) is 0 Å². The molecule has 5 nitrogen and oxygen atoms in total. The van der Waals surface area contributed by atoms with Crippen molar-refractivity contribution in [3.63, 3.8) is 0 Å². The van der Waals surface area contributed by atoms with Gasteiger partial charge < -0.3 is 0 Å². The van der Waals surface area contributed by atoms with Crippen molar-refractivity contribution in [2.45, 2.75) is 33.6 Å². The number of hydrogen-bond acceptors (Lipinski definition) is 5. The van der Waals surface area contributed by atoms with Crippen molar-refractivity contribution in [2.24, 2.45) is 5.92 Å². The molecule has 24 heavy (non-hydrogen) atoms. The van der Waals surface area contributed by atoms with Gasteiger partial charge in [0.1, 0.15) is 5.69 Å². The average Bonchev–Trinajstić information content (AvgIpc) is 3.00. The van der Waals surface area contributed by atoms with E-state index in [4.69, 9.17) is 0 Å². The highest BCUT2D eigenvalue weighted by atomic mass is 32.1. The van der Waals surface area contributed by atoms with E-state index in [1.807, 2.05) is 31.2 Å². The zero-order valence-electron chi connectivity index (χ0n) is 13.8. The van der Waals surface area contributed by atoms with Gasteiger partial charge in [-0.15, -0.1) is 11.3 Å². The SMILES string of the molecule is CC(=O)c1nc(N2C(=O)C[C@H](Cc3cccc(C)c3)C2=O)sc1C. The van der Waals surface area contributed by atoms with E-state index in [9.17, 15) is 14.4 Å². The third kappa shape index (κ3) is 3.01. The number of hydrogen-bond donors (Lipinski definition) is 0. The Balaban J connectivity index is 1.84. The van der Waals surface area contributed by atoms with Crippen LogP contribution < -0.4 is 4.90 Å². The van der Waals surface area contributed by atoms with Crippen LogP contribution in [0, 0.1) is 19.8 Å². The molecule has 2 aromatic rings. The van der Waals surface area contributed by atoms with E-state index in [0.29, 0.717) is 17.2 Å². The molecule has 1 fully saturated rings. The largest absolute Gasteiger partial charge is 0.293 e. The number of anilines is 1. The second-order valence-corrected chi connectivity index (χ2v) is 7.30. The summed E-state index contributed by atoms with van der Waals surface area (Å²) in [7, 11) is 0. The summed E-state index contributed by atoms with van der Waals surface area (Å²) in [4.78, 5) is 42.6. The number of Topliss-reactive ketones (excluding diaryl/α,β-unsaturated/α-hetero) is 1. The molecule has 1 saturated heterocycles. The fraction of sp³-hybridized carbons (Fsp3) is 0.333. The lowest BCUT2D eigenvalue weighted by Crippen LogP contribution is -2.30. The van der Waals surface area contributed by atoms with Crippen molar-refractivity contribution in [2.75, 3.05) is 4.90 Å². The van der Waals surface area contributed by atoms with Crippen LogP contribution in [0.5, 0.6) is 0 Å². The monoisotopic (exact) mass is 342 g/mol. The quantitative estimate of drug-likeness (QED) is 0.632. The summed E-state index contributed by atoms with van der Waals surface area (Å²) in [5.41, 5.74) is 2.50. The Hall–Kier alpha value is -2.34. The molecule has 1 aliphatic rings. The molecule has 0 radical (unpaired) electrons. The number of imide groups is 1. The first-order valence-corrected chi connectivity index (χ1v) is 8.59. The lowest BCUT2D eigenvalue weighted by molar-refractivity contribution is -0.122. The number of carbonyl (C=O) groups is 3. The Labute approximate surface area is 144 Å². The Bertz CT molecular complexity index is 841. The predicted molar refractivity (Wildman–Crippen MR) is 92.3 cm³/mol. The summed E-state index contributed by atoms with van der Waals surface area (Å²) in [5, 5.41) is 0.305. The zero-order valence-corrected chi connectivity index (χ0v) is 14.6. The van der Waals surface area contributed by atoms with Crippen LogP contribution in [-0.2, 0) is 16.0 Å². The Morgan fingerprint density at radius 3 is 2.71 bits per heavy atom. The molecule has 0 spiro atoms. The minimum Gasteiger partial charge on any atom is -0.293 e. The van der Waals surface area contributed by atoms with Crippen molar-refractivity contribution in [3.05, 3.63) is 46.0 Å². The van der Waals surface area contributed by atoms with Crippen molar-refractivity contribution < 1.29 is 14.4 Å². The van der Waals surface area contributed by atoms with Gasteiger partial charge in [0.15, 0.2) is 10.9 Å². The second-order valence-electron chi connectivity index (χ2n) is 6.12. The van der Waals surface area contributed by atoms with Crippen molar-refractivity contribution in [3.8, 4) is 0 Å². The zero-order chi connectivity index (χ0) is 17.4. The molecule has 1 aromatic carbocycles. The van der Waals surface area contributed by atoms with E-state index < -0.39 is 0 Å². The normalized spacial score (nSPS) is 17.6. The van der Waals surface area contributed by atoms with Crippen LogP contribution >= 0.6 is 11.3 Å². The Morgan fingerprint density at radius 2 is 2.08 bits per heavy atom. The molecule has 1 aromatic heterocycles. The van der Waals surface area contributed by atoms with E-state index in [2.05, 4.69) is 4.98 Å². The summed E-state index contributed by atoms with van der Waals surface area (Å²) >= 11 is 1.21. The van der Waals surface area contributed by atoms with Crippen LogP contribution in [0.3, 0.4) is 0 Å². The van der Waals surface area contributed by atoms with Crippen LogP contribution in [0.1, 0.15) is 39.8 Å². The number of aryl methyl sites for hydroxylation is 2. The maximum atomic E-state index is 12.7. The highest BCUT2D eigenvalue weighted by molar-refractivity contribution is 7.16. The van der Waals surface area contributed by atoms with Crippen LogP contribution in [-0.4, -0.2) is 22.6 Å². The summed E-state index contributed by atoms with van der Waals surface area (Å²) in [6, 6.07) is 7.95. The topological polar surface area (TPSA) is 67.3 Å². The third-order valence-corrected chi connectivity index (χ3v) is 5.07. The second kappa shape index (κ2) is 6.28. The highest BCUT2D eigenvalue weighted by Gasteiger charge is 2.41. The van der Waals surface area contributed by atoms with E-state index >= 15 is 0 Å². The predicted octanol–water partition coefficient (Wildman–Crippen LogP) is 3.08. The van der Waals surface area contributed by atoms with Gasteiger partial charge in [-0.1, -0.05) is 29.8 Å². The van der Waals surface area contributed by atoms with Gasteiger partial charge in [-0.25, -0.2) is 9.88 Å². The number of carbonyl (C=O) groups excluding carboxylic acids is 3. The van der Waals surface area contributed by atoms with E-state index in [1.165, 1.54) is 18.3 Å². The standard InChI is InChI=1S/C18H18N2O3S/c1-10-5-4-6-13(7-10)8-14-9-15(22)20(17(14)23)18-19-16(11(2)21)12(3)24-18/h4-7,14H,8-9H2,1-3H3/t14-/m0/s1. The number of aromatic nitrogens is 1. The van der Waals surface area contributed by atoms with Crippen molar-refractivity contribution >= 4 is 34.1 Å². The molecular formula is C18H18N2O3S. The van der Waals surface area contributed by atoms with Gasteiger partial charge in [0.05, 0.1) is 5.92 Å². The molecule has 0 aliphatic carbocycles. The van der Waals surface area contributed by atoms with Gasteiger partial charge >= 0.3 is 0 Å². The smallest absolute Gasteiger partial charge is 0.239 e. The van der Waals surface area contributed by atoms with Gasteiger partial charge in [0, 0.05) is 18.2 Å². The lowest BCUT2D eigenvalue weighted by atomic mass is 9.97. The molecule has 2 amide bonds. The number of amides is 2. The maximum absolute atomic E-state index is 12.7. The summed E-state index contributed by atoms with van der Waals surface area (Å²) in [6.07, 6.45) is 0.716. The molecular weight excluding hydrogens is 324 g/mol. The minimum atomic E-state index is -0.371. The van der Waals surface area contributed by atoms with Crippen LogP contribution in [0.15, 0.2) is 24.3 Å².